The Morgan fingerprint density at radius 3 is 0.960 bits per heavy atom. The second kappa shape index (κ2) is 14.1. The van der Waals surface area contributed by atoms with E-state index >= 15 is 0 Å². The summed E-state index contributed by atoms with van der Waals surface area (Å²) in [6, 6.07) is -3.73. The molecule has 0 aliphatic heterocycles. The fourth-order valence-electron chi connectivity index (χ4n) is 1.63. The van der Waals surface area contributed by atoms with Gasteiger partial charge in [0.15, 0.2) is 0 Å². The molecule has 0 aromatic carbocycles. The Hall–Kier alpha value is -0.0605. The summed E-state index contributed by atoms with van der Waals surface area (Å²) in [6.45, 7) is 3.29. The van der Waals surface area contributed by atoms with Crippen LogP contribution in [-0.2, 0) is 17.1 Å². The van der Waals surface area contributed by atoms with E-state index in [0.29, 0.717) is 0 Å². The molecular weight excluding hydrogens is 393 g/mol. The first-order chi connectivity index (χ1) is 10.8. The summed E-state index contributed by atoms with van der Waals surface area (Å²) in [5, 5.41) is 14.0. The van der Waals surface area contributed by atoms with E-state index in [2.05, 4.69) is 21.3 Å². The minimum absolute atomic E-state index is 0. The zero-order valence-corrected chi connectivity index (χ0v) is 16.3. The molecule has 0 saturated carbocycles. The van der Waals surface area contributed by atoms with Crippen molar-refractivity contribution in [3.8, 4) is 0 Å². The average molecular weight is 419 g/mol. The predicted molar refractivity (Wildman–Crippen MR) is 85.0 cm³/mol. The fourth-order valence-corrected chi connectivity index (χ4v) is 1.63. The summed E-state index contributed by atoms with van der Waals surface area (Å²) in [5.74, 6) is 0. The van der Waals surface area contributed by atoms with Crippen LogP contribution in [0.25, 0.3) is 21.3 Å². The van der Waals surface area contributed by atoms with Gasteiger partial charge in [0.1, 0.15) is 0 Å². The molecule has 0 bridgehead atoms. The Labute approximate surface area is 156 Å². The van der Waals surface area contributed by atoms with Crippen molar-refractivity contribution >= 4 is 0 Å². The minimum Gasteiger partial charge on any atom is -0.663 e. The summed E-state index contributed by atoms with van der Waals surface area (Å²) in [5.41, 5.74) is 0. The third-order valence-electron chi connectivity index (χ3n) is 3.39. The Bertz CT molecular complexity index is 285. The molecule has 0 spiro atoms. The van der Waals surface area contributed by atoms with Crippen LogP contribution in [0.2, 0.25) is 0 Å². The maximum atomic E-state index is 12.1. The first-order valence-corrected chi connectivity index (χ1v) is 7.32. The summed E-state index contributed by atoms with van der Waals surface area (Å²) in [4.78, 5) is 0. The molecule has 0 heterocycles. The van der Waals surface area contributed by atoms with Crippen LogP contribution in [0.1, 0.15) is 26.7 Å². The van der Waals surface area contributed by atoms with E-state index in [1.54, 1.807) is 13.8 Å². The normalized spacial score (nSPS) is 16.8. The van der Waals surface area contributed by atoms with E-state index < -0.39 is 24.4 Å². The number of nitrogens with zero attached hydrogens (tertiary/aromatic N) is 4. The zero-order valence-electron chi connectivity index (χ0n) is 15.2. The molecule has 0 amide bonds. The second-order valence-corrected chi connectivity index (χ2v) is 5.32. The van der Waals surface area contributed by atoms with Crippen molar-refractivity contribution in [3.63, 3.8) is 0 Å². The van der Waals surface area contributed by atoms with Gasteiger partial charge in [0.2, 0.25) is 0 Å². The zero-order chi connectivity index (χ0) is 19.6. The van der Waals surface area contributed by atoms with Gasteiger partial charge in [-0.1, -0.05) is 26.7 Å². The Morgan fingerprint density at radius 1 is 0.600 bits per heavy atom. The van der Waals surface area contributed by atoms with Crippen molar-refractivity contribution in [3.05, 3.63) is 21.3 Å². The van der Waals surface area contributed by atoms with Gasteiger partial charge in [0.25, 0.3) is 0 Å². The van der Waals surface area contributed by atoms with Gasteiger partial charge in [0, 0.05) is 17.1 Å². The number of halogens is 6. The van der Waals surface area contributed by atoms with Gasteiger partial charge in [-0.05, 0) is 12.1 Å². The molecule has 0 fully saturated rings. The van der Waals surface area contributed by atoms with E-state index in [4.69, 9.17) is 0 Å². The van der Waals surface area contributed by atoms with Gasteiger partial charge in [-0.2, -0.15) is 54.5 Å². The molecule has 4 atom stereocenters. The van der Waals surface area contributed by atoms with Crippen molar-refractivity contribution in [1.29, 1.82) is 0 Å². The standard InChI is InChI=1S/2C7H13F3N2.Mn/c2*1-5(11-2)4-6(12-3)7(8,9)10;/h2*5-6H,4H2,1-3H3;/q2*-2;. The van der Waals surface area contributed by atoms with Crippen LogP contribution in [0.3, 0.4) is 0 Å². The van der Waals surface area contributed by atoms with Gasteiger partial charge in [-0.25, -0.2) is 0 Å². The van der Waals surface area contributed by atoms with Crippen molar-refractivity contribution in [2.75, 3.05) is 28.2 Å². The number of hydrogen-bond acceptors (Lipinski definition) is 0. The molecular formula is C14H26F6MnN4-4. The first-order valence-electron chi connectivity index (χ1n) is 7.32. The van der Waals surface area contributed by atoms with Crippen LogP contribution < -0.4 is 0 Å². The molecule has 1 radical (unpaired) electrons. The van der Waals surface area contributed by atoms with Crippen molar-refractivity contribution < 1.29 is 43.4 Å². The monoisotopic (exact) mass is 419 g/mol. The third-order valence-corrected chi connectivity index (χ3v) is 3.39. The van der Waals surface area contributed by atoms with E-state index in [9.17, 15) is 26.3 Å². The summed E-state index contributed by atoms with van der Waals surface area (Å²) >= 11 is 0. The van der Waals surface area contributed by atoms with Crippen LogP contribution in [-0.4, -0.2) is 64.7 Å². The molecule has 0 aliphatic carbocycles. The largest absolute Gasteiger partial charge is 0.663 e. The third kappa shape index (κ3) is 14.8. The Balaban J connectivity index is -0.000000372. The molecule has 11 heteroatoms. The summed E-state index contributed by atoms with van der Waals surface area (Å²) < 4.78 is 72.5. The van der Waals surface area contributed by atoms with Crippen LogP contribution in [0.15, 0.2) is 0 Å². The van der Waals surface area contributed by atoms with Gasteiger partial charge < -0.3 is 21.3 Å². The van der Waals surface area contributed by atoms with E-state index in [1.165, 1.54) is 28.2 Å². The minimum atomic E-state index is -4.23. The fraction of sp³-hybridized carbons (Fsp3) is 1.00. The van der Waals surface area contributed by atoms with Crippen LogP contribution >= 0.6 is 0 Å². The molecule has 4 unspecified atom stereocenters. The summed E-state index contributed by atoms with van der Waals surface area (Å²) in [7, 11) is 5.38. The van der Waals surface area contributed by atoms with E-state index in [-0.39, 0.29) is 42.0 Å². The van der Waals surface area contributed by atoms with Crippen molar-refractivity contribution in [1.82, 2.24) is 0 Å². The SMILES string of the molecule is C[N-]C(C)CC([N-]C)C(F)(F)F.C[N-]C(C)CC([N-]C)C(F)(F)F.[Mn]. The molecule has 0 aromatic heterocycles. The van der Waals surface area contributed by atoms with Gasteiger partial charge >= 0.3 is 12.4 Å². The maximum absolute atomic E-state index is 12.1. The van der Waals surface area contributed by atoms with Crippen molar-refractivity contribution in [2.24, 2.45) is 0 Å². The molecule has 155 valence electrons. The quantitative estimate of drug-likeness (QED) is 0.374. The Morgan fingerprint density at radius 2 is 0.840 bits per heavy atom. The van der Waals surface area contributed by atoms with Gasteiger partial charge in [-0.3, -0.25) is 0 Å². The maximum Gasteiger partial charge on any atom is 0.373 e. The molecule has 0 aromatic rings. The van der Waals surface area contributed by atoms with E-state index in [1.807, 2.05) is 0 Å². The molecule has 4 nitrogen and oxygen atoms in total. The van der Waals surface area contributed by atoms with Crippen LogP contribution in [0.5, 0.6) is 0 Å². The second-order valence-electron chi connectivity index (χ2n) is 5.32. The van der Waals surface area contributed by atoms with Gasteiger partial charge in [-0.15, -0.1) is 12.1 Å². The number of alkyl halides is 6. The topological polar surface area (TPSA) is 56.4 Å². The Kier molecular flexibility index (Phi) is 16.7. The summed E-state index contributed by atoms with van der Waals surface area (Å²) in [6.07, 6.45) is -8.57. The number of hydrogen-bond donors (Lipinski definition) is 0. The van der Waals surface area contributed by atoms with Crippen molar-refractivity contribution in [2.45, 2.75) is 63.2 Å². The molecule has 0 aliphatic rings. The average Bonchev–Trinajstić information content (AvgIpc) is 2.47. The number of rotatable bonds is 8. The van der Waals surface area contributed by atoms with Gasteiger partial charge in [0.05, 0.1) is 0 Å². The molecule has 0 rings (SSSR count). The predicted octanol–water partition coefficient (Wildman–Crippen LogP) is 5.40. The van der Waals surface area contributed by atoms with E-state index in [0.717, 1.165) is 0 Å². The smallest absolute Gasteiger partial charge is 0.373 e. The first kappa shape index (κ1) is 29.7. The van der Waals surface area contributed by atoms with Crippen LogP contribution in [0.4, 0.5) is 26.3 Å². The van der Waals surface area contributed by atoms with Crippen LogP contribution in [0, 0.1) is 0 Å². The molecule has 0 N–H and O–H groups in total. The molecule has 25 heavy (non-hydrogen) atoms. The molecule has 0 saturated heterocycles.